The SMILES string of the molecule is CCOC(=O)/C(C#N)=C(\O)c1ccc(N2C(=O)c3ccc(C(=O)O)cc3C2=O)cc1. The number of ether oxygens (including phenoxy) is 1. The van der Waals surface area contributed by atoms with Crippen LogP contribution in [0.1, 0.15) is 43.6 Å². The van der Waals surface area contributed by atoms with Crippen molar-refractivity contribution in [3.05, 3.63) is 70.3 Å². The van der Waals surface area contributed by atoms with Crippen molar-refractivity contribution in [1.29, 1.82) is 5.26 Å². The molecule has 2 N–H and O–H groups in total. The van der Waals surface area contributed by atoms with Crippen molar-refractivity contribution < 1.29 is 34.1 Å². The van der Waals surface area contributed by atoms with Crippen LogP contribution in [0, 0.1) is 11.3 Å². The van der Waals surface area contributed by atoms with E-state index in [0.29, 0.717) is 0 Å². The first-order valence-electron chi connectivity index (χ1n) is 8.67. The standard InChI is InChI=1S/C21H14N2O7/c1-2-30-21(29)16(10-22)17(24)11-3-6-13(7-4-11)23-18(25)14-8-5-12(20(27)28)9-15(14)19(23)26/h3-9,24H,2H2,1H3,(H,27,28)/b17-16-. The van der Waals surface area contributed by atoms with Gasteiger partial charge in [0, 0.05) is 5.56 Å². The highest BCUT2D eigenvalue weighted by atomic mass is 16.5. The number of hydrogen-bond donors (Lipinski definition) is 2. The predicted octanol–water partition coefficient (Wildman–Crippen LogP) is 2.54. The largest absolute Gasteiger partial charge is 0.506 e. The Morgan fingerprint density at radius 3 is 2.17 bits per heavy atom. The molecule has 2 amide bonds. The van der Waals surface area contributed by atoms with Gasteiger partial charge in [-0.05, 0) is 49.4 Å². The van der Waals surface area contributed by atoms with Crippen LogP contribution in [-0.4, -0.2) is 40.6 Å². The number of amides is 2. The molecule has 0 aliphatic carbocycles. The predicted molar refractivity (Wildman–Crippen MR) is 103 cm³/mol. The number of carboxylic acids is 1. The maximum absolute atomic E-state index is 12.7. The van der Waals surface area contributed by atoms with Gasteiger partial charge in [0.1, 0.15) is 11.8 Å². The molecule has 2 aromatic carbocycles. The van der Waals surface area contributed by atoms with Crippen LogP contribution in [0.5, 0.6) is 0 Å². The van der Waals surface area contributed by atoms with Crippen LogP contribution in [-0.2, 0) is 9.53 Å². The van der Waals surface area contributed by atoms with Crippen molar-refractivity contribution in [3.8, 4) is 6.07 Å². The normalized spacial score (nSPS) is 13.4. The summed E-state index contributed by atoms with van der Waals surface area (Å²) in [6, 6.07) is 10.6. The van der Waals surface area contributed by atoms with E-state index < -0.39 is 35.1 Å². The number of esters is 1. The van der Waals surface area contributed by atoms with Gasteiger partial charge < -0.3 is 14.9 Å². The van der Waals surface area contributed by atoms with E-state index in [1.165, 1.54) is 36.4 Å². The van der Waals surface area contributed by atoms with Gasteiger partial charge in [0.2, 0.25) is 0 Å². The van der Waals surface area contributed by atoms with E-state index >= 15 is 0 Å². The molecule has 9 nitrogen and oxygen atoms in total. The third-order valence-electron chi connectivity index (χ3n) is 4.36. The first-order chi connectivity index (χ1) is 14.3. The minimum Gasteiger partial charge on any atom is -0.506 e. The number of anilines is 1. The number of aliphatic hydroxyl groups excluding tert-OH is 1. The molecule has 0 unspecified atom stereocenters. The van der Waals surface area contributed by atoms with Crippen molar-refractivity contribution >= 4 is 35.2 Å². The van der Waals surface area contributed by atoms with Crippen molar-refractivity contribution in [3.63, 3.8) is 0 Å². The number of fused-ring (bicyclic) bond motifs is 1. The van der Waals surface area contributed by atoms with Crippen molar-refractivity contribution in [2.24, 2.45) is 0 Å². The molecule has 9 heteroatoms. The summed E-state index contributed by atoms with van der Waals surface area (Å²) in [5.74, 6) is -4.11. The van der Waals surface area contributed by atoms with Crippen LogP contribution in [0.4, 0.5) is 5.69 Å². The number of nitriles is 1. The summed E-state index contributed by atoms with van der Waals surface area (Å²) >= 11 is 0. The minimum atomic E-state index is -1.22. The van der Waals surface area contributed by atoms with Crippen LogP contribution in [0.3, 0.4) is 0 Å². The molecule has 1 aliphatic heterocycles. The Morgan fingerprint density at radius 2 is 1.60 bits per heavy atom. The molecule has 0 spiro atoms. The number of carbonyl (C=O) groups excluding carboxylic acids is 3. The molecular weight excluding hydrogens is 392 g/mol. The molecule has 0 atom stereocenters. The summed E-state index contributed by atoms with van der Waals surface area (Å²) in [5.41, 5.74) is -0.374. The molecule has 1 aliphatic rings. The highest BCUT2D eigenvalue weighted by molar-refractivity contribution is 6.34. The maximum atomic E-state index is 12.7. The number of rotatable bonds is 5. The first kappa shape index (κ1) is 20.3. The number of carboxylic acid groups (broad SMARTS) is 1. The highest BCUT2D eigenvalue weighted by Crippen LogP contribution is 2.30. The minimum absolute atomic E-state index is 0.0270. The van der Waals surface area contributed by atoms with Crippen LogP contribution < -0.4 is 4.90 Å². The summed E-state index contributed by atoms with van der Waals surface area (Å²) in [4.78, 5) is 49.0. The lowest BCUT2D eigenvalue weighted by molar-refractivity contribution is -0.138. The summed E-state index contributed by atoms with van der Waals surface area (Å²) < 4.78 is 4.71. The fourth-order valence-electron chi connectivity index (χ4n) is 2.92. The molecule has 0 radical (unpaired) electrons. The van der Waals surface area contributed by atoms with E-state index in [-0.39, 0.29) is 34.5 Å². The molecule has 3 rings (SSSR count). The van der Waals surface area contributed by atoms with Gasteiger partial charge in [-0.3, -0.25) is 9.59 Å². The van der Waals surface area contributed by atoms with Gasteiger partial charge in [0.05, 0.1) is 29.0 Å². The summed E-state index contributed by atoms with van der Waals surface area (Å²) in [5, 5.41) is 28.4. The number of hydrogen-bond acceptors (Lipinski definition) is 7. The zero-order chi connectivity index (χ0) is 22.0. The Kier molecular flexibility index (Phi) is 5.33. The van der Waals surface area contributed by atoms with E-state index in [9.17, 15) is 24.3 Å². The molecule has 150 valence electrons. The van der Waals surface area contributed by atoms with Crippen molar-refractivity contribution in [2.45, 2.75) is 6.92 Å². The number of carbonyl (C=O) groups is 4. The van der Waals surface area contributed by atoms with Crippen molar-refractivity contribution in [1.82, 2.24) is 0 Å². The second-order valence-corrected chi connectivity index (χ2v) is 6.11. The zero-order valence-electron chi connectivity index (χ0n) is 15.6. The molecule has 30 heavy (non-hydrogen) atoms. The lowest BCUT2D eigenvalue weighted by Crippen LogP contribution is -2.29. The number of aromatic carboxylic acids is 1. The number of aliphatic hydroxyl groups is 1. The van der Waals surface area contributed by atoms with Gasteiger partial charge in [-0.1, -0.05) is 0 Å². The van der Waals surface area contributed by atoms with Crippen LogP contribution in [0.15, 0.2) is 48.0 Å². The van der Waals surface area contributed by atoms with Gasteiger partial charge in [-0.25, -0.2) is 14.5 Å². The molecule has 0 bridgehead atoms. The van der Waals surface area contributed by atoms with E-state index in [4.69, 9.17) is 15.1 Å². The van der Waals surface area contributed by atoms with Gasteiger partial charge in [-0.2, -0.15) is 5.26 Å². The highest BCUT2D eigenvalue weighted by Gasteiger charge is 2.37. The van der Waals surface area contributed by atoms with Crippen LogP contribution >= 0.6 is 0 Å². The van der Waals surface area contributed by atoms with E-state index in [2.05, 4.69) is 0 Å². The Labute approximate surface area is 170 Å². The fraction of sp³-hybridized carbons (Fsp3) is 0.0952. The Balaban J connectivity index is 1.94. The van der Waals surface area contributed by atoms with Crippen LogP contribution in [0.25, 0.3) is 5.76 Å². The molecule has 0 saturated carbocycles. The second kappa shape index (κ2) is 7.89. The molecule has 1 heterocycles. The summed E-state index contributed by atoms with van der Waals surface area (Å²) in [6.07, 6.45) is 0. The second-order valence-electron chi connectivity index (χ2n) is 6.11. The van der Waals surface area contributed by atoms with Gasteiger partial charge in [0.25, 0.3) is 11.8 Å². The van der Waals surface area contributed by atoms with E-state index in [1.54, 1.807) is 13.0 Å². The van der Waals surface area contributed by atoms with Gasteiger partial charge >= 0.3 is 11.9 Å². The van der Waals surface area contributed by atoms with Gasteiger partial charge in [-0.15, -0.1) is 0 Å². The Hall–Kier alpha value is -4.45. The lowest BCUT2D eigenvalue weighted by Gasteiger charge is -2.14. The summed E-state index contributed by atoms with van der Waals surface area (Å²) in [6.45, 7) is 1.58. The number of nitrogens with zero attached hydrogens (tertiary/aromatic N) is 2. The van der Waals surface area contributed by atoms with Gasteiger partial charge in [0.15, 0.2) is 5.57 Å². The third-order valence-corrected chi connectivity index (χ3v) is 4.36. The number of imide groups is 1. The van der Waals surface area contributed by atoms with E-state index in [0.717, 1.165) is 11.0 Å². The van der Waals surface area contributed by atoms with Crippen molar-refractivity contribution in [2.75, 3.05) is 11.5 Å². The average molecular weight is 406 g/mol. The van der Waals surface area contributed by atoms with E-state index in [1.807, 2.05) is 0 Å². The fourth-order valence-corrected chi connectivity index (χ4v) is 2.92. The lowest BCUT2D eigenvalue weighted by atomic mass is 10.1. The number of benzene rings is 2. The molecule has 2 aromatic rings. The first-order valence-corrected chi connectivity index (χ1v) is 8.67. The maximum Gasteiger partial charge on any atom is 0.352 e. The third kappa shape index (κ3) is 3.38. The monoisotopic (exact) mass is 406 g/mol. The topological polar surface area (TPSA) is 145 Å². The Morgan fingerprint density at radius 1 is 1.00 bits per heavy atom. The molecular formula is C21H14N2O7. The van der Waals surface area contributed by atoms with Crippen LogP contribution in [0.2, 0.25) is 0 Å². The smallest absolute Gasteiger partial charge is 0.352 e. The molecule has 0 saturated heterocycles. The average Bonchev–Trinajstić information content (AvgIpc) is 2.98. The summed E-state index contributed by atoms with van der Waals surface area (Å²) in [7, 11) is 0. The Bertz CT molecular complexity index is 1160. The molecule has 0 aromatic heterocycles. The quantitative estimate of drug-likeness (QED) is 0.253. The molecule has 0 fully saturated rings. The zero-order valence-corrected chi connectivity index (χ0v) is 15.6.